The summed E-state index contributed by atoms with van der Waals surface area (Å²) in [5, 5.41) is 18.7. The highest BCUT2D eigenvalue weighted by Crippen LogP contribution is 2.27. The van der Waals surface area contributed by atoms with Gasteiger partial charge in [-0.25, -0.2) is 4.98 Å². The number of aromatic amines is 1. The lowest BCUT2D eigenvalue weighted by Gasteiger charge is -2.07. The Morgan fingerprint density at radius 1 is 0.852 bits per heavy atom. The Hall–Kier alpha value is -3.80. The van der Waals surface area contributed by atoms with Crippen LogP contribution in [0.1, 0.15) is 11.1 Å². The van der Waals surface area contributed by atoms with Gasteiger partial charge in [0.15, 0.2) is 0 Å². The van der Waals surface area contributed by atoms with E-state index in [9.17, 15) is 0 Å². The molecule has 0 spiro atoms. The van der Waals surface area contributed by atoms with Crippen molar-refractivity contribution >= 4 is 22.6 Å². The van der Waals surface area contributed by atoms with Gasteiger partial charge in [-0.3, -0.25) is 0 Å². The second-order valence-corrected chi connectivity index (χ2v) is 6.24. The average molecular weight is 371 g/mol. The quantitative estimate of drug-likeness (QED) is 0.521. The van der Waals surface area contributed by atoms with E-state index >= 15 is 0 Å². The highest BCUT2D eigenvalue weighted by atomic mass is 35.5. The molecule has 0 saturated carbocycles. The molecule has 6 heteroatoms. The zero-order valence-corrected chi connectivity index (χ0v) is 14.7. The molecule has 0 fully saturated rings. The second kappa shape index (κ2) is 6.84. The average Bonchev–Trinajstić information content (AvgIpc) is 3.11. The van der Waals surface area contributed by atoms with Crippen LogP contribution in [0.5, 0.6) is 11.5 Å². The molecule has 0 amide bonds. The van der Waals surface area contributed by atoms with Gasteiger partial charge in [0.1, 0.15) is 29.5 Å². The van der Waals surface area contributed by atoms with E-state index < -0.39 is 0 Å². The summed E-state index contributed by atoms with van der Waals surface area (Å²) in [6.07, 6.45) is 0. The molecule has 5 nitrogen and oxygen atoms in total. The van der Waals surface area contributed by atoms with Gasteiger partial charge in [0.2, 0.25) is 0 Å². The Kier molecular flexibility index (Phi) is 4.22. The van der Waals surface area contributed by atoms with Crippen LogP contribution in [0.4, 0.5) is 0 Å². The number of hydrogen-bond donors (Lipinski definition) is 1. The highest BCUT2D eigenvalue weighted by molar-refractivity contribution is 6.31. The number of rotatable bonds is 3. The molecule has 3 aromatic carbocycles. The molecule has 0 unspecified atom stereocenters. The normalized spacial score (nSPS) is 10.3. The van der Waals surface area contributed by atoms with Gasteiger partial charge >= 0.3 is 0 Å². The van der Waals surface area contributed by atoms with E-state index in [0.717, 1.165) is 22.4 Å². The molecular formula is C21H11ClN4O. The van der Waals surface area contributed by atoms with Gasteiger partial charge in [-0.2, -0.15) is 10.5 Å². The first kappa shape index (κ1) is 16.7. The van der Waals surface area contributed by atoms with E-state index in [1.807, 2.05) is 48.5 Å². The summed E-state index contributed by atoms with van der Waals surface area (Å²) in [6.45, 7) is 0. The van der Waals surface area contributed by atoms with Gasteiger partial charge in [-0.15, -0.1) is 0 Å². The van der Waals surface area contributed by atoms with Gasteiger partial charge in [-0.1, -0.05) is 11.6 Å². The van der Waals surface area contributed by atoms with Crippen molar-refractivity contribution in [3.63, 3.8) is 0 Å². The fourth-order valence-corrected chi connectivity index (χ4v) is 2.88. The molecule has 27 heavy (non-hydrogen) atoms. The minimum atomic E-state index is 0.285. The van der Waals surface area contributed by atoms with Crippen LogP contribution in [0.3, 0.4) is 0 Å². The van der Waals surface area contributed by atoms with Crippen molar-refractivity contribution in [3.8, 4) is 35.0 Å². The van der Waals surface area contributed by atoms with Crippen LogP contribution in [-0.4, -0.2) is 9.97 Å². The fraction of sp³-hybridized carbons (Fsp3) is 0. The van der Waals surface area contributed by atoms with Crippen molar-refractivity contribution in [1.29, 1.82) is 10.5 Å². The van der Waals surface area contributed by atoms with Crippen LogP contribution in [0.2, 0.25) is 5.02 Å². The van der Waals surface area contributed by atoms with Crippen LogP contribution >= 0.6 is 11.6 Å². The number of imidazole rings is 1. The number of ether oxygens (including phenoxy) is 1. The molecule has 0 aliphatic heterocycles. The Balaban J connectivity index is 1.58. The largest absolute Gasteiger partial charge is 0.457 e. The first-order chi connectivity index (χ1) is 13.2. The molecule has 0 radical (unpaired) electrons. The maximum atomic E-state index is 9.10. The van der Waals surface area contributed by atoms with Crippen LogP contribution < -0.4 is 4.74 Å². The SMILES string of the molecule is N#Cc1ccc(Oc2ccc(-c3nc4ccc(Cl)cc4[nH]3)cc2)cc1C#N. The smallest absolute Gasteiger partial charge is 0.138 e. The predicted octanol–water partition coefficient (Wildman–Crippen LogP) is 5.42. The summed E-state index contributed by atoms with van der Waals surface area (Å²) >= 11 is 6.01. The molecule has 0 aliphatic rings. The molecule has 1 N–H and O–H groups in total. The van der Waals surface area contributed by atoms with E-state index in [0.29, 0.717) is 22.1 Å². The van der Waals surface area contributed by atoms with E-state index in [1.165, 1.54) is 0 Å². The molecule has 4 rings (SSSR count). The molecule has 4 aromatic rings. The number of nitrogens with zero attached hydrogens (tertiary/aromatic N) is 3. The van der Waals surface area contributed by atoms with Crippen molar-refractivity contribution in [2.24, 2.45) is 0 Å². The number of nitriles is 2. The number of fused-ring (bicyclic) bond motifs is 1. The van der Waals surface area contributed by atoms with Crippen LogP contribution in [0.15, 0.2) is 60.7 Å². The first-order valence-corrected chi connectivity index (χ1v) is 8.42. The zero-order valence-electron chi connectivity index (χ0n) is 13.9. The predicted molar refractivity (Wildman–Crippen MR) is 102 cm³/mol. The van der Waals surface area contributed by atoms with Crippen molar-refractivity contribution in [2.45, 2.75) is 0 Å². The summed E-state index contributed by atoms with van der Waals surface area (Å²) < 4.78 is 5.78. The second-order valence-electron chi connectivity index (χ2n) is 5.80. The third-order valence-electron chi connectivity index (χ3n) is 4.04. The van der Waals surface area contributed by atoms with E-state index in [-0.39, 0.29) is 5.56 Å². The van der Waals surface area contributed by atoms with Gasteiger partial charge in [0.05, 0.1) is 22.2 Å². The van der Waals surface area contributed by atoms with E-state index in [2.05, 4.69) is 9.97 Å². The summed E-state index contributed by atoms with van der Waals surface area (Å²) in [6, 6.07) is 21.7. The van der Waals surface area contributed by atoms with Gasteiger partial charge < -0.3 is 9.72 Å². The third-order valence-corrected chi connectivity index (χ3v) is 4.27. The molecule has 0 aliphatic carbocycles. The van der Waals surface area contributed by atoms with Crippen molar-refractivity contribution in [1.82, 2.24) is 9.97 Å². The molecule has 1 heterocycles. The highest BCUT2D eigenvalue weighted by Gasteiger charge is 2.08. The minimum absolute atomic E-state index is 0.285. The lowest BCUT2D eigenvalue weighted by atomic mass is 10.1. The maximum Gasteiger partial charge on any atom is 0.138 e. The molecule has 0 atom stereocenters. The number of benzene rings is 3. The molecular weight excluding hydrogens is 360 g/mol. The monoisotopic (exact) mass is 370 g/mol. The summed E-state index contributed by atoms with van der Waals surface area (Å²) in [4.78, 5) is 7.80. The van der Waals surface area contributed by atoms with Gasteiger partial charge in [0.25, 0.3) is 0 Å². The Morgan fingerprint density at radius 3 is 2.33 bits per heavy atom. The maximum absolute atomic E-state index is 9.10. The third kappa shape index (κ3) is 3.32. The van der Waals surface area contributed by atoms with Crippen LogP contribution in [-0.2, 0) is 0 Å². The Bertz CT molecular complexity index is 1230. The molecule has 0 bridgehead atoms. The van der Waals surface area contributed by atoms with E-state index in [1.54, 1.807) is 24.3 Å². The van der Waals surface area contributed by atoms with Crippen molar-refractivity contribution in [3.05, 3.63) is 76.8 Å². The number of nitrogens with one attached hydrogen (secondary N) is 1. The lowest BCUT2D eigenvalue weighted by Crippen LogP contribution is -1.89. The molecule has 1 aromatic heterocycles. The molecule has 0 saturated heterocycles. The summed E-state index contributed by atoms with van der Waals surface area (Å²) in [7, 11) is 0. The fourth-order valence-electron chi connectivity index (χ4n) is 2.71. The summed E-state index contributed by atoms with van der Waals surface area (Å²) in [5.41, 5.74) is 3.24. The minimum Gasteiger partial charge on any atom is -0.457 e. The van der Waals surface area contributed by atoms with Crippen molar-refractivity contribution in [2.75, 3.05) is 0 Å². The zero-order chi connectivity index (χ0) is 18.8. The summed E-state index contributed by atoms with van der Waals surface area (Å²) in [5.74, 6) is 1.85. The van der Waals surface area contributed by atoms with Crippen molar-refractivity contribution < 1.29 is 4.74 Å². The van der Waals surface area contributed by atoms with Crippen LogP contribution in [0.25, 0.3) is 22.4 Å². The number of halogens is 1. The van der Waals surface area contributed by atoms with E-state index in [4.69, 9.17) is 26.9 Å². The van der Waals surface area contributed by atoms with Gasteiger partial charge in [0, 0.05) is 10.6 Å². The standard InChI is InChI=1S/C21H11ClN4O/c22-16-4-8-19-20(10-16)26-21(25-19)13-1-5-17(6-2-13)27-18-7-3-14(11-23)15(9-18)12-24/h1-10H,(H,25,26). The van der Waals surface area contributed by atoms with Gasteiger partial charge in [-0.05, 0) is 60.7 Å². The number of H-pyrrole nitrogens is 1. The number of aromatic nitrogens is 2. The topological polar surface area (TPSA) is 85.5 Å². The Morgan fingerprint density at radius 2 is 1.59 bits per heavy atom. The number of hydrogen-bond acceptors (Lipinski definition) is 4. The first-order valence-electron chi connectivity index (χ1n) is 8.04. The lowest BCUT2D eigenvalue weighted by molar-refractivity contribution is 0.482. The Labute approximate surface area is 160 Å². The molecule has 128 valence electrons. The van der Waals surface area contributed by atoms with Crippen LogP contribution in [0, 0.1) is 22.7 Å².